The molecule has 0 fully saturated rings. The van der Waals surface area contributed by atoms with Gasteiger partial charge < -0.3 is 9.47 Å². The fourth-order valence-corrected chi connectivity index (χ4v) is 3.37. The first-order chi connectivity index (χ1) is 15.7. The summed E-state index contributed by atoms with van der Waals surface area (Å²) >= 11 is 0. The van der Waals surface area contributed by atoms with Crippen molar-refractivity contribution in [2.24, 2.45) is 0 Å². The van der Waals surface area contributed by atoms with Gasteiger partial charge in [0.1, 0.15) is 18.0 Å². The highest BCUT2D eigenvalue weighted by molar-refractivity contribution is 6.11. The molecular weight excluding hydrogens is 414 g/mol. The van der Waals surface area contributed by atoms with Gasteiger partial charge >= 0.3 is 5.97 Å². The lowest BCUT2D eigenvalue weighted by Gasteiger charge is -2.22. The van der Waals surface area contributed by atoms with Gasteiger partial charge in [-0.05, 0) is 51.1 Å². The smallest absolute Gasteiger partial charge is 0.320 e. The normalized spacial score (nSPS) is 11.3. The summed E-state index contributed by atoms with van der Waals surface area (Å²) < 4.78 is 11.4. The summed E-state index contributed by atoms with van der Waals surface area (Å²) in [6.45, 7) is 6.55. The second kappa shape index (κ2) is 10.9. The van der Waals surface area contributed by atoms with Crippen LogP contribution in [0.2, 0.25) is 0 Å². The van der Waals surface area contributed by atoms with Gasteiger partial charge in [-0.15, -0.1) is 0 Å². The molecule has 0 aromatic heterocycles. The largest absolute Gasteiger partial charge is 0.491 e. The Labute approximate surface area is 196 Å². The number of ketones is 1. The van der Waals surface area contributed by atoms with Crippen molar-refractivity contribution in [3.8, 4) is 16.9 Å². The van der Waals surface area contributed by atoms with E-state index in [1.54, 1.807) is 12.1 Å². The topological polar surface area (TPSA) is 55.8 Å². The number of esters is 1. The van der Waals surface area contributed by atoms with E-state index in [2.05, 4.69) is 0 Å². The van der Waals surface area contributed by atoms with Gasteiger partial charge in [-0.3, -0.25) is 14.5 Å². The maximum absolute atomic E-state index is 13.3. The van der Waals surface area contributed by atoms with Crippen molar-refractivity contribution in [1.29, 1.82) is 0 Å². The zero-order valence-corrected chi connectivity index (χ0v) is 19.7. The molecule has 0 spiro atoms. The first-order valence-electron chi connectivity index (χ1n) is 11.1. The molecule has 33 heavy (non-hydrogen) atoms. The Morgan fingerprint density at radius 2 is 1.48 bits per heavy atom. The van der Waals surface area contributed by atoms with Crippen LogP contribution in [0.5, 0.6) is 5.75 Å². The summed E-state index contributed by atoms with van der Waals surface area (Å²) in [5.74, 6) is 0.150. The number of benzene rings is 3. The van der Waals surface area contributed by atoms with E-state index in [0.29, 0.717) is 30.0 Å². The molecule has 0 aliphatic carbocycles. The third-order valence-corrected chi connectivity index (χ3v) is 4.92. The molecule has 0 aliphatic rings. The van der Waals surface area contributed by atoms with Gasteiger partial charge in [0, 0.05) is 12.1 Å². The van der Waals surface area contributed by atoms with Crippen LogP contribution in [0.1, 0.15) is 36.7 Å². The zero-order chi connectivity index (χ0) is 23.8. The van der Waals surface area contributed by atoms with E-state index in [4.69, 9.17) is 9.47 Å². The third kappa shape index (κ3) is 7.29. The number of hydrogen-bond acceptors (Lipinski definition) is 5. The molecule has 0 bridgehead atoms. The van der Waals surface area contributed by atoms with Gasteiger partial charge in [-0.2, -0.15) is 0 Å². The van der Waals surface area contributed by atoms with E-state index in [-0.39, 0.29) is 18.3 Å². The fraction of sp³-hybridized carbons (Fsp3) is 0.286. The van der Waals surface area contributed by atoms with Crippen molar-refractivity contribution in [2.45, 2.75) is 26.4 Å². The minimum Gasteiger partial charge on any atom is -0.491 e. The number of likely N-dealkylation sites (N-methyl/N-ethyl adjacent to an activating group) is 1. The van der Waals surface area contributed by atoms with E-state index >= 15 is 0 Å². The zero-order valence-electron chi connectivity index (χ0n) is 19.7. The molecule has 0 atom stereocenters. The van der Waals surface area contributed by atoms with E-state index in [0.717, 1.165) is 11.1 Å². The number of ether oxygens (including phenoxy) is 2. The number of carbonyl (C=O) groups is 2. The van der Waals surface area contributed by atoms with E-state index in [1.165, 1.54) is 0 Å². The van der Waals surface area contributed by atoms with Crippen molar-refractivity contribution in [3.63, 3.8) is 0 Å². The van der Waals surface area contributed by atoms with Crippen LogP contribution in [0.4, 0.5) is 0 Å². The van der Waals surface area contributed by atoms with Gasteiger partial charge in [0.05, 0.1) is 12.1 Å². The Morgan fingerprint density at radius 1 is 0.848 bits per heavy atom. The molecule has 3 aromatic rings. The molecule has 0 saturated heterocycles. The molecule has 0 aliphatic heterocycles. The van der Waals surface area contributed by atoms with E-state index in [1.807, 2.05) is 99.4 Å². The lowest BCUT2D eigenvalue weighted by Crippen LogP contribution is -2.34. The Hall–Kier alpha value is -3.44. The third-order valence-electron chi connectivity index (χ3n) is 4.92. The molecule has 172 valence electrons. The Balaban J connectivity index is 1.74. The molecule has 0 saturated carbocycles. The number of hydrogen-bond donors (Lipinski definition) is 0. The Bertz CT molecular complexity index is 1070. The van der Waals surface area contributed by atoms with Crippen LogP contribution in [0, 0.1) is 0 Å². The van der Waals surface area contributed by atoms with Crippen molar-refractivity contribution in [1.82, 2.24) is 4.90 Å². The number of rotatable bonds is 9. The SMILES string of the molecule is CN(CCOc1ccc(-c2ccccc2)cc1C(=O)c1ccccc1)CC(=O)OC(C)(C)C. The van der Waals surface area contributed by atoms with Gasteiger partial charge in [0.2, 0.25) is 0 Å². The predicted octanol–water partition coefficient (Wildman–Crippen LogP) is 5.24. The highest BCUT2D eigenvalue weighted by atomic mass is 16.6. The second-order valence-corrected chi connectivity index (χ2v) is 8.94. The van der Waals surface area contributed by atoms with Crippen LogP contribution in [-0.2, 0) is 9.53 Å². The van der Waals surface area contributed by atoms with Gasteiger partial charge in [0.25, 0.3) is 0 Å². The summed E-state index contributed by atoms with van der Waals surface area (Å²) in [5.41, 5.74) is 2.58. The summed E-state index contributed by atoms with van der Waals surface area (Å²) in [6, 6.07) is 24.8. The molecular formula is C28H31NO4. The van der Waals surface area contributed by atoms with Crippen LogP contribution in [0.15, 0.2) is 78.9 Å². The van der Waals surface area contributed by atoms with E-state index < -0.39 is 5.60 Å². The maximum Gasteiger partial charge on any atom is 0.320 e. The summed E-state index contributed by atoms with van der Waals surface area (Å²) in [7, 11) is 1.84. The average Bonchev–Trinajstić information content (AvgIpc) is 2.78. The lowest BCUT2D eigenvalue weighted by molar-refractivity contribution is -0.155. The van der Waals surface area contributed by atoms with Gasteiger partial charge in [-0.25, -0.2) is 0 Å². The molecule has 0 heterocycles. The van der Waals surface area contributed by atoms with Crippen LogP contribution in [0.3, 0.4) is 0 Å². The van der Waals surface area contributed by atoms with Crippen LogP contribution < -0.4 is 4.74 Å². The van der Waals surface area contributed by atoms with Crippen LogP contribution >= 0.6 is 0 Å². The van der Waals surface area contributed by atoms with Crippen molar-refractivity contribution < 1.29 is 19.1 Å². The minimum atomic E-state index is -0.512. The predicted molar refractivity (Wildman–Crippen MR) is 131 cm³/mol. The van der Waals surface area contributed by atoms with Crippen LogP contribution in [-0.4, -0.2) is 49.0 Å². The minimum absolute atomic E-state index is 0.0921. The molecule has 3 rings (SSSR count). The van der Waals surface area contributed by atoms with Crippen molar-refractivity contribution in [2.75, 3.05) is 26.7 Å². The first-order valence-corrected chi connectivity index (χ1v) is 11.1. The van der Waals surface area contributed by atoms with E-state index in [9.17, 15) is 9.59 Å². The molecule has 3 aromatic carbocycles. The first kappa shape index (κ1) is 24.2. The standard InChI is InChI=1S/C28H31NO4/c1-28(2,3)33-26(30)20-29(4)17-18-32-25-16-15-23(21-11-7-5-8-12-21)19-24(25)27(31)22-13-9-6-10-14-22/h5-16,19H,17-18,20H2,1-4H3. The highest BCUT2D eigenvalue weighted by Gasteiger charge is 2.19. The number of carbonyl (C=O) groups excluding carboxylic acids is 2. The van der Waals surface area contributed by atoms with Crippen LogP contribution in [0.25, 0.3) is 11.1 Å². The van der Waals surface area contributed by atoms with Gasteiger partial charge in [0.15, 0.2) is 5.78 Å². The summed E-state index contributed by atoms with van der Waals surface area (Å²) in [4.78, 5) is 27.1. The Morgan fingerprint density at radius 3 is 2.12 bits per heavy atom. The highest BCUT2D eigenvalue weighted by Crippen LogP contribution is 2.28. The summed E-state index contributed by atoms with van der Waals surface area (Å²) in [5, 5.41) is 0. The number of nitrogens with zero attached hydrogens (tertiary/aromatic N) is 1. The molecule has 0 amide bonds. The Kier molecular flexibility index (Phi) is 8.01. The maximum atomic E-state index is 13.3. The van der Waals surface area contributed by atoms with Gasteiger partial charge in [-0.1, -0.05) is 66.7 Å². The molecule has 5 nitrogen and oxygen atoms in total. The molecule has 5 heteroatoms. The molecule has 0 unspecified atom stereocenters. The lowest BCUT2D eigenvalue weighted by atomic mass is 9.97. The molecule has 0 N–H and O–H groups in total. The fourth-order valence-electron chi connectivity index (χ4n) is 3.37. The van der Waals surface area contributed by atoms with Crippen molar-refractivity contribution >= 4 is 11.8 Å². The quantitative estimate of drug-likeness (QED) is 0.333. The monoisotopic (exact) mass is 445 g/mol. The summed E-state index contributed by atoms with van der Waals surface area (Å²) in [6.07, 6.45) is 0. The van der Waals surface area contributed by atoms with Crippen molar-refractivity contribution in [3.05, 3.63) is 90.0 Å². The average molecular weight is 446 g/mol. The molecule has 0 radical (unpaired) electrons. The second-order valence-electron chi connectivity index (χ2n) is 8.94.